The van der Waals surface area contributed by atoms with E-state index in [1.807, 2.05) is 17.3 Å². The van der Waals surface area contributed by atoms with Gasteiger partial charge in [0.1, 0.15) is 47.2 Å². The minimum Gasteiger partial charge on any atom is -0.489 e. The number of carbonyl (C=O) groups excluding carboxylic acids is 1. The Labute approximate surface area is 217 Å². The molecule has 1 heterocycles. The van der Waals surface area contributed by atoms with Crippen LogP contribution in [0.3, 0.4) is 0 Å². The summed E-state index contributed by atoms with van der Waals surface area (Å²) < 4.78 is 82.0. The van der Waals surface area contributed by atoms with Gasteiger partial charge in [0, 0.05) is 41.5 Å². The van der Waals surface area contributed by atoms with Gasteiger partial charge in [-0.3, -0.25) is 4.79 Å². The zero-order chi connectivity index (χ0) is 27.8. The number of carbonyl (C=O) groups is 2. The first-order valence-corrected chi connectivity index (χ1v) is 11.3. The first kappa shape index (κ1) is 27.0. The van der Waals surface area contributed by atoms with Crippen LogP contribution in [0.5, 0.6) is 11.5 Å². The fraction of sp³-hybridized carbons (Fsp3) is 0.200. The van der Waals surface area contributed by atoms with Crippen molar-refractivity contribution in [2.24, 2.45) is 0 Å². The number of hydrogen-bond donors (Lipinski definition) is 2. The molecule has 38 heavy (non-hydrogen) atoms. The molecule has 2 N–H and O–H groups in total. The third-order valence-corrected chi connectivity index (χ3v) is 5.80. The van der Waals surface area contributed by atoms with Gasteiger partial charge in [-0.1, -0.05) is 11.6 Å². The summed E-state index contributed by atoms with van der Waals surface area (Å²) in [5, 5.41) is 11.0. The van der Waals surface area contributed by atoms with Crippen LogP contribution >= 0.6 is 11.6 Å². The fourth-order valence-electron chi connectivity index (χ4n) is 3.80. The van der Waals surface area contributed by atoms with E-state index in [2.05, 4.69) is 0 Å². The summed E-state index contributed by atoms with van der Waals surface area (Å²) in [6, 6.07) is 7.92. The molecule has 1 aliphatic rings. The Balaban J connectivity index is 1.47. The molecule has 1 amide bonds. The summed E-state index contributed by atoms with van der Waals surface area (Å²) in [5.74, 6) is -12.2. The normalized spacial score (nSPS) is 14.9. The fourth-order valence-corrected chi connectivity index (χ4v) is 3.97. The van der Waals surface area contributed by atoms with E-state index >= 15 is 0 Å². The van der Waals surface area contributed by atoms with Gasteiger partial charge in [-0.15, -0.1) is 0 Å². The zero-order valence-electron chi connectivity index (χ0n) is 19.4. The molecule has 1 atom stereocenters. The van der Waals surface area contributed by atoms with Gasteiger partial charge in [0.15, 0.2) is 0 Å². The summed E-state index contributed by atoms with van der Waals surface area (Å²) in [7, 11) is 1.82. The van der Waals surface area contributed by atoms with Crippen LogP contribution in [0.15, 0.2) is 48.5 Å². The molecule has 0 spiro atoms. The van der Waals surface area contributed by atoms with Crippen molar-refractivity contribution in [3.8, 4) is 11.5 Å². The van der Waals surface area contributed by atoms with Gasteiger partial charge in [0.05, 0.1) is 12.2 Å². The quantitative estimate of drug-likeness (QED) is 0.376. The molecule has 7 nitrogen and oxygen atoms in total. The molecule has 0 aromatic heterocycles. The average molecular weight is 557 g/mol. The van der Waals surface area contributed by atoms with Gasteiger partial charge in [-0.05, 0) is 30.3 Å². The number of fused-ring (bicyclic) bond motifs is 1. The standard InChI is InChI=1S/C25H18ClF5N2O5/c1-33-10-17(38-21-6-13(26)2-3-20(21)33)11-37-16-8-18(28)22(19(29)9-16)23(34)32-15-5-12(4-14(27)7-15)25(30,31)24(35)36/h2-9,17H,10-11H2,1H3,(H,32,34)(H,35,36)/t17-/m0/s1. The highest BCUT2D eigenvalue weighted by Gasteiger charge is 2.41. The molecule has 0 fully saturated rings. The van der Waals surface area contributed by atoms with Crippen molar-refractivity contribution in [3.05, 3.63) is 82.1 Å². The molecule has 200 valence electrons. The second-order valence-electron chi connectivity index (χ2n) is 8.37. The van der Waals surface area contributed by atoms with E-state index in [0.29, 0.717) is 29.4 Å². The van der Waals surface area contributed by atoms with E-state index in [9.17, 15) is 31.5 Å². The number of anilines is 2. The number of carboxylic acids is 1. The lowest BCUT2D eigenvalue weighted by atomic mass is 10.1. The predicted octanol–water partition coefficient (Wildman–Crippen LogP) is 5.46. The molecule has 0 radical (unpaired) electrons. The lowest BCUT2D eigenvalue weighted by Crippen LogP contribution is -2.41. The Bertz CT molecular complexity index is 1400. The first-order chi connectivity index (χ1) is 17.8. The molecule has 0 unspecified atom stereocenters. The number of likely N-dealkylation sites (N-methyl/N-ethyl adjacent to an activating group) is 1. The van der Waals surface area contributed by atoms with Gasteiger partial charge >= 0.3 is 11.9 Å². The van der Waals surface area contributed by atoms with E-state index in [1.165, 1.54) is 0 Å². The Morgan fingerprint density at radius 2 is 1.82 bits per heavy atom. The van der Waals surface area contributed by atoms with Crippen molar-refractivity contribution < 1.29 is 46.1 Å². The number of aliphatic carboxylic acids is 1. The van der Waals surface area contributed by atoms with Crippen LogP contribution in [-0.4, -0.2) is 43.3 Å². The van der Waals surface area contributed by atoms with E-state index in [-0.39, 0.29) is 18.4 Å². The van der Waals surface area contributed by atoms with E-state index in [1.54, 1.807) is 18.2 Å². The maximum absolute atomic E-state index is 14.7. The maximum atomic E-state index is 14.7. The molecular formula is C25H18ClF5N2O5. The Hall–Kier alpha value is -4.06. The van der Waals surface area contributed by atoms with Crippen LogP contribution < -0.4 is 19.7 Å². The van der Waals surface area contributed by atoms with Crippen LogP contribution in [0, 0.1) is 17.5 Å². The largest absolute Gasteiger partial charge is 0.489 e. The number of benzene rings is 3. The third-order valence-electron chi connectivity index (χ3n) is 5.57. The second-order valence-corrected chi connectivity index (χ2v) is 8.80. The summed E-state index contributed by atoms with van der Waals surface area (Å²) in [5.41, 5.74) is -2.20. The number of rotatable bonds is 7. The Morgan fingerprint density at radius 1 is 1.13 bits per heavy atom. The highest BCUT2D eigenvalue weighted by atomic mass is 35.5. The van der Waals surface area contributed by atoms with E-state index in [0.717, 1.165) is 17.8 Å². The highest BCUT2D eigenvalue weighted by molar-refractivity contribution is 6.30. The summed E-state index contributed by atoms with van der Waals surface area (Å²) >= 11 is 6.00. The predicted molar refractivity (Wildman–Crippen MR) is 127 cm³/mol. The number of carboxylic acid groups (broad SMARTS) is 1. The molecule has 0 saturated carbocycles. The average Bonchev–Trinajstić information content (AvgIpc) is 2.81. The zero-order valence-corrected chi connectivity index (χ0v) is 20.2. The highest BCUT2D eigenvalue weighted by Crippen LogP contribution is 2.35. The monoisotopic (exact) mass is 556 g/mol. The molecule has 0 saturated heterocycles. The van der Waals surface area contributed by atoms with Crippen molar-refractivity contribution in [2.75, 3.05) is 30.4 Å². The van der Waals surface area contributed by atoms with Crippen molar-refractivity contribution in [2.45, 2.75) is 12.0 Å². The van der Waals surface area contributed by atoms with Gasteiger partial charge < -0.3 is 24.8 Å². The summed E-state index contributed by atoms with van der Waals surface area (Å²) in [6.07, 6.45) is -0.522. The number of ether oxygens (including phenoxy) is 2. The number of alkyl halides is 2. The third kappa shape index (κ3) is 5.59. The van der Waals surface area contributed by atoms with Crippen molar-refractivity contribution in [3.63, 3.8) is 0 Å². The molecule has 4 rings (SSSR count). The van der Waals surface area contributed by atoms with E-state index < -0.39 is 58.2 Å². The van der Waals surface area contributed by atoms with Gasteiger partial charge in [-0.2, -0.15) is 8.78 Å². The first-order valence-electron chi connectivity index (χ1n) is 10.9. The number of halogens is 6. The van der Waals surface area contributed by atoms with Crippen molar-refractivity contribution in [1.82, 2.24) is 0 Å². The summed E-state index contributed by atoms with van der Waals surface area (Å²) in [6.45, 7) is 0.293. The lowest BCUT2D eigenvalue weighted by Gasteiger charge is -2.33. The second kappa shape index (κ2) is 10.4. The van der Waals surface area contributed by atoms with Gasteiger partial charge in [0.25, 0.3) is 5.91 Å². The number of nitrogens with one attached hydrogen (secondary N) is 1. The topological polar surface area (TPSA) is 88.1 Å². The molecule has 1 aliphatic heterocycles. The molecule has 3 aromatic carbocycles. The van der Waals surface area contributed by atoms with Crippen LogP contribution in [0.2, 0.25) is 5.02 Å². The summed E-state index contributed by atoms with van der Waals surface area (Å²) in [4.78, 5) is 25.1. The van der Waals surface area contributed by atoms with E-state index in [4.69, 9.17) is 26.2 Å². The minimum atomic E-state index is -4.47. The van der Waals surface area contributed by atoms with Crippen LogP contribution in [0.1, 0.15) is 15.9 Å². The number of amides is 1. The SMILES string of the molecule is CN1C[C@@H](COc2cc(F)c(C(=O)Nc3cc(F)cc(C(F)(F)C(=O)O)c3)c(F)c2)Oc2cc(Cl)ccc21. The minimum absolute atomic E-state index is 0.107. The van der Waals surface area contributed by atoms with Gasteiger partial charge in [0.2, 0.25) is 0 Å². The molecule has 3 aromatic rings. The van der Waals surface area contributed by atoms with Crippen molar-refractivity contribution >= 4 is 34.9 Å². The Kier molecular flexibility index (Phi) is 7.36. The molecule has 0 bridgehead atoms. The van der Waals surface area contributed by atoms with Crippen LogP contribution in [-0.2, 0) is 10.7 Å². The van der Waals surface area contributed by atoms with Crippen LogP contribution in [0.25, 0.3) is 0 Å². The maximum Gasteiger partial charge on any atom is 0.379 e. The molecular weight excluding hydrogens is 539 g/mol. The smallest absolute Gasteiger partial charge is 0.379 e. The molecule has 0 aliphatic carbocycles. The lowest BCUT2D eigenvalue weighted by molar-refractivity contribution is -0.166. The number of nitrogens with zero attached hydrogens (tertiary/aromatic N) is 1. The molecule has 13 heteroatoms. The Morgan fingerprint density at radius 3 is 2.47 bits per heavy atom. The van der Waals surface area contributed by atoms with Crippen LogP contribution in [0.4, 0.5) is 33.3 Å². The van der Waals surface area contributed by atoms with Gasteiger partial charge in [-0.25, -0.2) is 18.0 Å². The van der Waals surface area contributed by atoms with Crippen molar-refractivity contribution in [1.29, 1.82) is 0 Å². The number of hydrogen-bond acceptors (Lipinski definition) is 5.